The van der Waals surface area contributed by atoms with Crippen LogP contribution in [0, 0.1) is 17.2 Å². The quantitative estimate of drug-likeness (QED) is 0.251. The molecule has 0 aliphatic carbocycles. The Morgan fingerprint density at radius 3 is 2.43 bits per heavy atom. The van der Waals surface area contributed by atoms with Gasteiger partial charge in [0.15, 0.2) is 0 Å². The van der Waals surface area contributed by atoms with E-state index in [4.69, 9.17) is 17.3 Å². The number of para-hydroxylation sites is 1. The first-order valence-electron chi connectivity index (χ1n) is 13.2. The lowest BCUT2D eigenvalue weighted by atomic mass is 9.81. The fourth-order valence-electron chi connectivity index (χ4n) is 5.13. The van der Waals surface area contributed by atoms with Crippen molar-refractivity contribution in [2.24, 2.45) is 11.7 Å². The fraction of sp³-hybridized carbons (Fsp3) is 0.267. The van der Waals surface area contributed by atoms with Crippen LogP contribution < -0.4 is 21.3 Å². The summed E-state index contributed by atoms with van der Waals surface area (Å²) in [5.41, 5.74) is 5.39. The predicted octanol–water partition coefficient (Wildman–Crippen LogP) is 5.95. The van der Waals surface area contributed by atoms with Crippen LogP contribution in [0.5, 0.6) is 0 Å². The maximum Gasteiger partial charge on any atom is 0.389 e. The van der Waals surface area contributed by atoms with E-state index in [9.17, 15) is 41.6 Å². The highest BCUT2D eigenvalue weighted by Crippen LogP contribution is 2.41. The molecular formula is C30H25ClF5N5O3. The molecular weight excluding hydrogens is 609 g/mol. The Kier molecular flexibility index (Phi) is 9.74. The van der Waals surface area contributed by atoms with Gasteiger partial charge in [-0.1, -0.05) is 54.1 Å². The molecule has 2 unspecified atom stereocenters. The number of rotatable bonds is 9. The fourth-order valence-corrected chi connectivity index (χ4v) is 5.36. The summed E-state index contributed by atoms with van der Waals surface area (Å²) in [6.45, 7) is -0.402. The summed E-state index contributed by atoms with van der Waals surface area (Å²) in [6.07, 6.45) is -9.94. The minimum atomic E-state index is -4.67. The highest BCUT2D eigenvalue weighted by molar-refractivity contribution is 6.31. The number of nitrogens with one attached hydrogen (secondary N) is 2. The number of hydrogen-bond acceptors (Lipinski definition) is 5. The first-order chi connectivity index (χ1) is 20.8. The molecule has 3 aromatic rings. The number of nitrogens with zero attached hydrogens (tertiary/aromatic N) is 2. The van der Waals surface area contributed by atoms with E-state index in [0.29, 0.717) is 0 Å². The van der Waals surface area contributed by atoms with E-state index in [1.165, 1.54) is 59.5 Å². The van der Waals surface area contributed by atoms with Crippen molar-refractivity contribution in [3.05, 3.63) is 88.4 Å². The van der Waals surface area contributed by atoms with Gasteiger partial charge in [-0.2, -0.15) is 18.4 Å². The summed E-state index contributed by atoms with van der Waals surface area (Å²) in [7, 11) is 0. The Balaban J connectivity index is 1.77. The van der Waals surface area contributed by atoms with Crippen molar-refractivity contribution in [1.82, 2.24) is 5.32 Å². The zero-order valence-electron chi connectivity index (χ0n) is 22.7. The first-order valence-corrected chi connectivity index (χ1v) is 13.6. The summed E-state index contributed by atoms with van der Waals surface area (Å²) in [5, 5.41) is 14.4. The van der Waals surface area contributed by atoms with Gasteiger partial charge >= 0.3 is 6.18 Å². The molecule has 230 valence electrons. The van der Waals surface area contributed by atoms with Gasteiger partial charge in [0.05, 0.1) is 41.4 Å². The van der Waals surface area contributed by atoms with Crippen molar-refractivity contribution >= 4 is 46.4 Å². The smallest absolute Gasteiger partial charge is 0.369 e. The first kappa shape index (κ1) is 32.2. The number of alkyl halides is 5. The zero-order chi connectivity index (χ0) is 32.2. The van der Waals surface area contributed by atoms with Gasteiger partial charge < -0.3 is 21.3 Å². The van der Waals surface area contributed by atoms with Crippen LogP contribution in [0.4, 0.5) is 39.0 Å². The minimum absolute atomic E-state index is 0.0898. The third-order valence-electron chi connectivity index (χ3n) is 7.11. The minimum Gasteiger partial charge on any atom is -0.369 e. The second-order valence-corrected chi connectivity index (χ2v) is 10.5. The molecule has 1 aliphatic heterocycles. The second kappa shape index (κ2) is 13.3. The summed E-state index contributed by atoms with van der Waals surface area (Å²) in [5.74, 6) is -6.19. The molecule has 44 heavy (non-hydrogen) atoms. The number of amides is 3. The molecule has 4 rings (SSSR count). The molecule has 3 aromatic carbocycles. The second-order valence-electron chi connectivity index (χ2n) is 10.1. The van der Waals surface area contributed by atoms with Gasteiger partial charge in [0, 0.05) is 22.7 Å². The summed E-state index contributed by atoms with van der Waals surface area (Å²) in [6, 6.07) is 16.0. The molecule has 0 saturated carbocycles. The van der Waals surface area contributed by atoms with Gasteiger partial charge in [-0.15, -0.1) is 0 Å². The Bertz CT molecular complexity index is 1600. The van der Waals surface area contributed by atoms with E-state index < -0.39 is 73.2 Å². The van der Waals surface area contributed by atoms with E-state index in [1.54, 1.807) is 6.07 Å². The van der Waals surface area contributed by atoms with Gasteiger partial charge in [0.2, 0.25) is 17.7 Å². The average molecular weight is 634 g/mol. The lowest BCUT2D eigenvalue weighted by molar-refractivity contribution is -0.144. The number of primary amides is 1. The van der Waals surface area contributed by atoms with Crippen molar-refractivity contribution in [2.75, 3.05) is 16.8 Å². The van der Waals surface area contributed by atoms with E-state index in [1.807, 2.05) is 6.07 Å². The Labute approximate surface area is 253 Å². The Morgan fingerprint density at radius 2 is 1.82 bits per heavy atom. The Morgan fingerprint density at radius 1 is 1.11 bits per heavy atom. The molecule has 0 fully saturated rings. The monoisotopic (exact) mass is 633 g/mol. The molecule has 4 N–H and O–H groups in total. The van der Waals surface area contributed by atoms with Crippen LogP contribution in [0.2, 0.25) is 5.02 Å². The van der Waals surface area contributed by atoms with Crippen LogP contribution in [0.25, 0.3) is 0 Å². The number of halogens is 6. The van der Waals surface area contributed by atoms with Crippen molar-refractivity contribution < 1.29 is 36.3 Å². The van der Waals surface area contributed by atoms with Crippen LogP contribution in [0.15, 0.2) is 66.7 Å². The van der Waals surface area contributed by atoms with E-state index in [2.05, 4.69) is 10.6 Å². The largest absolute Gasteiger partial charge is 0.389 e. The third kappa shape index (κ3) is 7.44. The van der Waals surface area contributed by atoms with E-state index >= 15 is 0 Å². The van der Waals surface area contributed by atoms with Gasteiger partial charge in [0.1, 0.15) is 6.04 Å². The van der Waals surface area contributed by atoms with Crippen LogP contribution >= 0.6 is 11.6 Å². The molecule has 3 amide bonds. The maximum absolute atomic E-state index is 14.0. The summed E-state index contributed by atoms with van der Waals surface area (Å²) >= 11 is 6.20. The number of hydrogen-bond donors (Lipinski definition) is 3. The molecule has 0 aromatic heterocycles. The lowest BCUT2D eigenvalue weighted by Gasteiger charge is -2.30. The Hall–Kier alpha value is -4.70. The third-order valence-corrected chi connectivity index (χ3v) is 7.33. The molecule has 0 saturated heterocycles. The average Bonchev–Trinajstić information content (AvgIpc) is 3.10. The van der Waals surface area contributed by atoms with Crippen LogP contribution in [-0.4, -0.2) is 36.5 Å². The molecule has 0 bridgehead atoms. The molecule has 1 aliphatic rings. The highest BCUT2D eigenvalue weighted by Gasteiger charge is 2.40. The van der Waals surface area contributed by atoms with Crippen molar-refractivity contribution in [1.29, 1.82) is 5.26 Å². The van der Waals surface area contributed by atoms with Crippen LogP contribution in [0.1, 0.15) is 41.9 Å². The topological polar surface area (TPSA) is 128 Å². The normalized spacial score (nSPS) is 16.3. The lowest BCUT2D eigenvalue weighted by Crippen LogP contribution is -2.51. The molecule has 1 heterocycles. The number of carbonyl (C=O) groups is 3. The van der Waals surface area contributed by atoms with Crippen LogP contribution in [-0.2, 0) is 14.4 Å². The highest BCUT2D eigenvalue weighted by atomic mass is 35.5. The van der Waals surface area contributed by atoms with Crippen molar-refractivity contribution in [3.8, 4) is 6.07 Å². The number of carbonyl (C=O) groups excluding carboxylic acids is 3. The molecule has 0 radical (unpaired) electrons. The van der Waals surface area contributed by atoms with Gasteiger partial charge in [0.25, 0.3) is 6.43 Å². The summed E-state index contributed by atoms with van der Waals surface area (Å²) < 4.78 is 67.9. The molecule has 14 heteroatoms. The number of nitrogens with two attached hydrogens (primary N) is 1. The number of nitriles is 1. The standard InChI is InChI=1S/C30H25ClF5N5O3/c31-18-11-16(14-37)12-19(13-18)41-15-22(29(44)40-25-21(26(32)33)7-4-8-23(25)41)39-28(43)20(9-10-30(34,35)36)24(27(38)42)17-5-2-1-3-6-17/h1-8,11-13,20,22,24,26H,9-10,15H2,(H2,38,42)(H,39,43)(H,40,44)/t20?,22-,24?/m0/s1. The molecule has 0 spiro atoms. The predicted molar refractivity (Wildman–Crippen MR) is 152 cm³/mol. The SMILES string of the molecule is N#Cc1cc(Cl)cc(N2C[C@H](NC(=O)C(CCC(F)(F)F)C(C(N)=O)c3ccccc3)C(=O)Nc3c(C(F)F)cccc32)c1. The number of fused-ring (bicyclic) bond motifs is 1. The number of benzene rings is 3. The number of anilines is 3. The zero-order valence-corrected chi connectivity index (χ0v) is 23.5. The molecule has 3 atom stereocenters. The molecule has 8 nitrogen and oxygen atoms in total. The van der Waals surface area contributed by atoms with Crippen molar-refractivity contribution in [3.63, 3.8) is 0 Å². The summed E-state index contributed by atoms with van der Waals surface area (Å²) in [4.78, 5) is 41.0. The van der Waals surface area contributed by atoms with E-state index in [0.717, 1.165) is 6.07 Å². The van der Waals surface area contributed by atoms with Crippen molar-refractivity contribution in [2.45, 2.75) is 37.4 Å². The maximum atomic E-state index is 14.0. The van der Waals surface area contributed by atoms with Gasteiger partial charge in [-0.05, 0) is 36.2 Å². The van der Waals surface area contributed by atoms with Crippen LogP contribution in [0.3, 0.4) is 0 Å². The van der Waals surface area contributed by atoms with E-state index in [-0.39, 0.29) is 33.2 Å². The van der Waals surface area contributed by atoms with Gasteiger partial charge in [-0.3, -0.25) is 14.4 Å². The van der Waals surface area contributed by atoms with Gasteiger partial charge in [-0.25, -0.2) is 8.78 Å².